The van der Waals surface area contributed by atoms with E-state index in [1.807, 2.05) is 18.2 Å². The molecule has 156 valence electrons. The summed E-state index contributed by atoms with van der Waals surface area (Å²) in [7, 11) is -3.46. The summed E-state index contributed by atoms with van der Waals surface area (Å²) in [5, 5.41) is 0.852. The maximum absolute atomic E-state index is 13.1. The van der Waals surface area contributed by atoms with Crippen LogP contribution in [-0.2, 0) is 16.4 Å². The number of nitrogens with zero attached hydrogens (tertiary/aromatic N) is 3. The van der Waals surface area contributed by atoms with Gasteiger partial charge in [0.2, 0.25) is 10.0 Å². The summed E-state index contributed by atoms with van der Waals surface area (Å²) >= 11 is 0. The highest BCUT2D eigenvalue weighted by Gasteiger charge is 2.29. The average Bonchev–Trinajstić information content (AvgIpc) is 3.09. The van der Waals surface area contributed by atoms with Gasteiger partial charge in [-0.3, -0.25) is 0 Å². The smallest absolute Gasteiger partial charge is 0.243 e. The van der Waals surface area contributed by atoms with Crippen LogP contribution in [0.3, 0.4) is 0 Å². The van der Waals surface area contributed by atoms with Crippen molar-refractivity contribution in [2.24, 2.45) is 5.92 Å². The molecule has 2 aliphatic heterocycles. The number of aromatic nitrogens is 1. The number of piperidine rings is 1. The Hall–Kier alpha value is -2.44. The van der Waals surface area contributed by atoms with Crippen LogP contribution in [0.2, 0.25) is 0 Å². The van der Waals surface area contributed by atoms with Gasteiger partial charge < -0.3 is 4.90 Å². The molecule has 2 aromatic carbocycles. The molecule has 0 N–H and O–H groups in total. The molecule has 1 saturated heterocycles. The van der Waals surface area contributed by atoms with Gasteiger partial charge in [-0.1, -0.05) is 25.1 Å². The van der Waals surface area contributed by atoms with Gasteiger partial charge in [0.1, 0.15) is 5.82 Å². The van der Waals surface area contributed by atoms with Crippen LogP contribution < -0.4 is 4.90 Å². The van der Waals surface area contributed by atoms with Crippen molar-refractivity contribution in [1.29, 1.82) is 0 Å². The van der Waals surface area contributed by atoms with Gasteiger partial charge in [-0.2, -0.15) is 4.31 Å². The monoisotopic (exact) mass is 421 g/mol. The second-order valence-electron chi connectivity index (χ2n) is 8.66. The third-order valence-electron chi connectivity index (χ3n) is 6.48. The van der Waals surface area contributed by atoms with E-state index < -0.39 is 10.0 Å². The van der Waals surface area contributed by atoms with E-state index in [9.17, 15) is 8.42 Å². The van der Waals surface area contributed by atoms with E-state index in [-0.39, 0.29) is 0 Å². The van der Waals surface area contributed by atoms with E-state index in [0.717, 1.165) is 36.0 Å². The Balaban J connectivity index is 1.48. The second-order valence-corrected chi connectivity index (χ2v) is 10.6. The summed E-state index contributed by atoms with van der Waals surface area (Å²) in [5.41, 5.74) is 3.36. The predicted octanol–water partition coefficient (Wildman–Crippen LogP) is 4.74. The Morgan fingerprint density at radius 3 is 2.53 bits per heavy atom. The summed E-state index contributed by atoms with van der Waals surface area (Å²) in [4.78, 5) is 7.50. The Morgan fingerprint density at radius 1 is 0.967 bits per heavy atom. The van der Waals surface area contributed by atoms with E-state index in [4.69, 9.17) is 4.98 Å². The topological polar surface area (TPSA) is 53.5 Å². The Kier molecular flexibility index (Phi) is 4.79. The molecule has 30 heavy (non-hydrogen) atoms. The van der Waals surface area contributed by atoms with E-state index >= 15 is 0 Å². The first-order chi connectivity index (χ1) is 14.4. The fourth-order valence-electron chi connectivity index (χ4n) is 4.68. The number of pyridine rings is 1. The number of rotatable bonds is 3. The molecule has 0 saturated carbocycles. The lowest BCUT2D eigenvalue weighted by Gasteiger charge is -2.29. The van der Waals surface area contributed by atoms with Crippen LogP contribution in [0.5, 0.6) is 0 Å². The molecule has 5 rings (SSSR count). The van der Waals surface area contributed by atoms with Crippen LogP contribution in [-0.4, -0.2) is 36.8 Å². The minimum absolute atomic E-state index is 0.341. The largest absolute Gasteiger partial charge is 0.323 e. The normalized spacial score (nSPS) is 20.6. The summed E-state index contributed by atoms with van der Waals surface area (Å²) in [6.45, 7) is 5.60. The number of anilines is 2. The minimum Gasteiger partial charge on any atom is -0.323 e. The number of fused-ring (bicyclic) bond motifs is 2. The number of hydrogen-bond donors (Lipinski definition) is 0. The third-order valence-corrected chi connectivity index (χ3v) is 8.38. The number of sulfonamides is 1. The van der Waals surface area contributed by atoms with Gasteiger partial charge in [-0.15, -0.1) is 0 Å². The van der Waals surface area contributed by atoms with Crippen LogP contribution in [0.4, 0.5) is 11.5 Å². The van der Waals surface area contributed by atoms with Crippen molar-refractivity contribution >= 4 is 32.4 Å². The molecule has 1 fully saturated rings. The first-order valence-corrected chi connectivity index (χ1v) is 12.2. The molecular formula is C24H27N3O2S. The molecule has 0 bridgehead atoms. The van der Waals surface area contributed by atoms with E-state index in [0.29, 0.717) is 29.9 Å². The lowest BCUT2D eigenvalue weighted by molar-refractivity contribution is 0.288. The molecule has 3 aromatic rings. The van der Waals surface area contributed by atoms with Crippen molar-refractivity contribution in [3.05, 3.63) is 60.2 Å². The van der Waals surface area contributed by atoms with Crippen LogP contribution in [0.15, 0.2) is 59.5 Å². The van der Waals surface area contributed by atoms with Crippen molar-refractivity contribution in [3.63, 3.8) is 0 Å². The summed E-state index contributed by atoms with van der Waals surface area (Å²) in [6.07, 6.45) is 2.85. The minimum atomic E-state index is -3.46. The zero-order valence-electron chi connectivity index (χ0n) is 17.5. The summed E-state index contributed by atoms with van der Waals surface area (Å²) in [6, 6.07) is 18.1. The van der Waals surface area contributed by atoms with Gasteiger partial charge >= 0.3 is 0 Å². The van der Waals surface area contributed by atoms with Crippen molar-refractivity contribution in [2.45, 2.75) is 44.0 Å². The standard InChI is InChI=1S/C24H27N3O2S/c1-17-11-13-26(14-12-17)30(28,29)21-8-9-22-19(16-21)7-10-24(25-22)27-18(2)15-20-5-3-4-6-23(20)27/h3-10,16-18H,11-15H2,1-2H3. The maximum atomic E-state index is 13.1. The van der Waals surface area contributed by atoms with Crippen LogP contribution >= 0.6 is 0 Å². The van der Waals surface area contributed by atoms with Gasteiger partial charge in [-0.25, -0.2) is 13.4 Å². The SMILES string of the molecule is CC1CCN(S(=O)(=O)c2ccc3nc(N4c5ccccc5CC4C)ccc3c2)CC1. The zero-order valence-corrected chi connectivity index (χ0v) is 18.3. The van der Waals surface area contributed by atoms with Crippen LogP contribution in [0, 0.1) is 5.92 Å². The Labute approximate surface area is 178 Å². The van der Waals surface area contributed by atoms with Crippen molar-refractivity contribution in [2.75, 3.05) is 18.0 Å². The molecule has 5 nitrogen and oxygen atoms in total. The molecule has 6 heteroatoms. The van der Waals surface area contributed by atoms with Crippen molar-refractivity contribution in [3.8, 4) is 0 Å². The maximum Gasteiger partial charge on any atom is 0.243 e. The molecule has 3 heterocycles. The lowest BCUT2D eigenvalue weighted by Crippen LogP contribution is -2.37. The van der Waals surface area contributed by atoms with Gasteiger partial charge in [0.05, 0.1) is 10.4 Å². The average molecular weight is 422 g/mol. The number of hydrogen-bond acceptors (Lipinski definition) is 4. The highest BCUT2D eigenvalue weighted by Crippen LogP contribution is 2.38. The van der Waals surface area contributed by atoms with E-state index in [2.05, 4.69) is 43.0 Å². The van der Waals surface area contributed by atoms with Gasteiger partial charge in [0.15, 0.2) is 0 Å². The van der Waals surface area contributed by atoms with Crippen LogP contribution in [0.25, 0.3) is 10.9 Å². The molecule has 0 spiro atoms. The second kappa shape index (κ2) is 7.36. The molecule has 1 atom stereocenters. The van der Waals surface area contributed by atoms with Gasteiger partial charge in [0, 0.05) is 30.2 Å². The number of benzene rings is 2. The third kappa shape index (κ3) is 3.28. The van der Waals surface area contributed by atoms with Gasteiger partial charge in [0.25, 0.3) is 0 Å². The fourth-order valence-corrected chi connectivity index (χ4v) is 6.18. The Morgan fingerprint density at radius 2 is 1.73 bits per heavy atom. The molecule has 0 aliphatic carbocycles. The summed E-state index contributed by atoms with van der Waals surface area (Å²) < 4.78 is 27.8. The molecule has 1 aromatic heterocycles. The van der Waals surface area contributed by atoms with E-state index in [1.165, 1.54) is 11.3 Å². The number of para-hydroxylation sites is 1. The highest BCUT2D eigenvalue weighted by atomic mass is 32.2. The molecule has 2 aliphatic rings. The predicted molar refractivity (Wildman–Crippen MR) is 121 cm³/mol. The zero-order chi connectivity index (χ0) is 20.9. The van der Waals surface area contributed by atoms with Crippen molar-refractivity contribution in [1.82, 2.24) is 9.29 Å². The first kappa shape index (κ1) is 19.5. The molecule has 1 unspecified atom stereocenters. The van der Waals surface area contributed by atoms with E-state index in [1.54, 1.807) is 16.4 Å². The quantitative estimate of drug-likeness (QED) is 0.613. The lowest BCUT2D eigenvalue weighted by atomic mass is 10.0. The first-order valence-electron chi connectivity index (χ1n) is 10.7. The molecular weight excluding hydrogens is 394 g/mol. The van der Waals surface area contributed by atoms with Crippen LogP contribution in [0.1, 0.15) is 32.3 Å². The van der Waals surface area contributed by atoms with Crippen molar-refractivity contribution < 1.29 is 8.42 Å². The highest BCUT2D eigenvalue weighted by molar-refractivity contribution is 7.89. The van der Waals surface area contributed by atoms with Gasteiger partial charge in [-0.05, 0) is 74.1 Å². The molecule has 0 radical (unpaired) electrons. The Bertz CT molecular complexity index is 1200. The molecule has 0 amide bonds. The summed E-state index contributed by atoms with van der Waals surface area (Å²) in [5.74, 6) is 1.49. The fraction of sp³-hybridized carbons (Fsp3) is 0.375.